The highest BCUT2D eigenvalue weighted by atomic mass is 16.5. The first-order valence-electron chi connectivity index (χ1n) is 6.38. The van der Waals surface area contributed by atoms with Gasteiger partial charge in [0, 0.05) is 5.56 Å². The summed E-state index contributed by atoms with van der Waals surface area (Å²) in [6, 6.07) is -0.148. The highest BCUT2D eigenvalue weighted by Gasteiger charge is 2.31. The highest BCUT2D eigenvalue weighted by Crippen LogP contribution is 2.22. The van der Waals surface area contributed by atoms with E-state index < -0.39 is 5.54 Å². The van der Waals surface area contributed by atoms with Crippen molar-refractivity contribution in [1.29, 1.82) is 0 Å². The number of nitrogens with two attached hydrogens (primary N) is 1. The topological polar surface area (TPSA) is 81.2 Å². The van der Waals surface area contributed by atoms with E-state index in [2.05, 4.69) is 10.5 Å². The third-order valence-electron chi connectivity index (χ3n) is 3.58. The molecule has 5 nitrogen and oxygen atoms in total. The maximum Gasteiger partial charge on any atom is 0.240 e. The molecule has 1 heterocycles. The molecule has 5 heteroatoms. The van der Waals surface area contributed by atoms with Crippen molar-refractivity contribution in [2.24, 2.45) is 5.73 Å². The van der Waals surface area contributed by atoms with Crippen LogP contribution < -0.4 is 11.1 Å². The van der Waals surface area contributed by atoms with Gasteiger partial charge in [-0.3, -0.25) is 4.79 Å². The Hall–Kier alpha value is -1.36. The van der Waals surface area contributed by atoms with E-state index in [-0.39, 0.29) is 11.9 Å². The van der Waals surface area contributed by atoms with Gasteiger partial charge in [-0.25, -0.2) is 0 Å². The van der Waals surface area contributed by atoms with Crippen LogP contribution in [0.2, 0.25) is 0 Å². The minimum atomic E-state index is -0.798. The molecule has 0 aliphatic rings. The molecule has 1 atom stereocenters. The Morgan fingerprint density at radius 1 is 1.44 bits per heavy atom. The lowest BCUT2D eigenvalue weighted by atomic mass is 9.92. The molecule has 0 fully saturated rings. The predicted octanol–water partition coefficient (Wildman–Crippen LogP) is 1.99. The van der Waals surface area contributed by atoms with Gasteiger partial charge in [-0.15, -0.1) is 0 Å². The Morgan fingerprint density at radius 2 is 2.00 bits per heavy atom. The summed E-state index contributed by atoms with van der Waals surface area (Å²) >= 11 is 0. The fourth-order valence-corrected chi connectivity index (χ4v) is 2.09. The molecule has 0 radical (unpaired) electrons. The normalized spacial score (nSPS) is 13.4. The van der Waals surface area contributed by atoms with Crippen LogP contribution in [0.4, 0.5) is 0 Å². The number of nitrogens with one attached hydrogen (secondary N) is 1. The minimum absolute atomic E-state index is 0.125. The largest absolute Gasteiger partial charge is 0.361 e. The average molecular weight is 253 g/mol. The van der Waals surface area contributed by atoms with Crippen LogP contribution in [0.1, 0.15) is 56.7 Å². The van der Waals surface area contributed by atoms with Gasteiger partial charge in [0.15, 0.2) is 0 Å². The maximum absolute atomic E-state index is 12.2. The Morgan fingerprint density at radius 3 is 2.39 bits per heavy atom. The fourth-order valence-electron chi connectivity index (χ4n) is 2.09. The van der Waals surface area contributed by atoms with Crippen molar-refractivity contribution in [3.05, 3.63) is 17.0 Å². The van der Waals surface area contributed by atoms with Gasteiger partial charge in [0.2, 0.25) is 5.91 Å². The summed E-state index contributed by atoms with van der Waals surface area (Å²) in [5.74, 6) is 0.607. The van der Waals surface area contributed by atoms with E-state index in [9.17, 15) is 4.79 Å². The van der Waals surface area contributed by atoms with Crippen LogP contribution in [-0.4, -0.2) is 16.6 Å². The smallest absolute Gasteiger partial charge is 0.240 e. The summed E-state index contributed by atoms with van der Waals surface area (Å²) in [5, 5.41) is 6.83. The number of hydrogen-bond donors (Lipinski definition) is 2. The number of nitrogens with zero attached hydrogens (tertiary/aromatic N) is 1. The van der Waals surface area contributed by atoms with Crippen LogP contribution in [-0.2, 0) is 4.79 Å². The molecule has 0 saturated carbocycles. The Balaban J connectivity index is 2.83. The molecule has 0 aromatic carbocycles. The summed E-state index contributed by atoms with van der Waals surface area (Å²) in [6.45, 7) is 9.46. The maximum atomic E-state index is 12.2. The van der Waals surface area contributed by atoms with Crippen LogP contribution in [0.15, 0.2) is 4.52 Å². The molecule has 0 aliphatic heterocycles. The number of rotatable bonds is 5. The summed E-state index contributed by atoms with van der Waals surface area (Å²) in [6.07, 6.45) is 1.23. The summed E-state index contributed by atoms with van der Waals surface area (Å²) in [5.41, 5.74) is 7.00. The molecule has 1 amide bonds. The van der Waals surface area contributed by atoms with E-state index in [1.807, 2.05) is 34.6 Å². The van der Waals surface area contributed by atoms with Crippen molar-refractivity contribution in [2.45, 2.75) is 59.0 Å². The van der Waals surface area contributed by atoms with E-state index >= 15 is 0 Å². The van der Waals surface area contributed by atoms with E-state index in [0.29, 0.717) is 12.8 Å². The van der Waals surface area contributed by atoms with Gasteiger partial charge in [-0.2, -0.15) is 0 Å². The van der Waals surface area contributed by atoms with E-state index in [4.69, 9.17) is 10.3 Å². The zero-order valence-electron chi connectivity index (χ0n) is 11.8. The summed E-state index contributed by atoms with van der Waals surface area (Å²) in [7, 11) is 0. The molecule has 1 aromatic heterocycles. The van der Waals surface area contributed by atoms with Crippen molar-refractivity contribution >= 4 is 5.91 Å². The van der Waals surface area contributed by atoms with Crippen molar-refractivity contribution in [2.75, 3.05) is 0 Å². The number of carbonyl (C=O) groups excluding carboxylic acids is 1. The Bertz CT molecular complexity index is 402. The van der Waals surface area contributed by atoms with Gasteiger partial charge in [-0.1, -0.05) is 19.0 Å². The number of carbonyl (C=O) groups is 1. The van der Waals surface area contributed by atoms with E-state index in [0.717, 1.165) is 17.0 Å². The van der Waals surface area contributed by atoms with Gasteiger partial charge in [0.1, 0.15) is 5.76 Å². The molecule has 0 aliphatic carbocycles. The van der Waals surface area contributed by atoms with Crippen molar-refractivity contribution < 1.29 is 9.32 Å². The average Bonchev–Trinajstić information content (AvgIpc) is 2.67. The molecule has 1 unspecified atom stereocenters. The second-order valence-corrected chi connectivity index (χ2v) is 4.80. The SMILES string of the molecule is CCC(N)(CC)C(=O)NC(C)c1c(C)noc1C. The summed E-state index contributed by atoms with van der Waals surface area (Å²) in [4.78, 5) is 12.2. The Labute approximate surface area is 108 Å². The number of aromatic nitrogens is 1. The predicted molar refractivity (Wildman–Crippen MR) is 70.0 cm³/mol. The minimum Gasteiger partial charge on any atom is -0.361 e. The zero-order chi connectivity index (χ0) is 13.9. The van der Waals surface area contributed by atoms with Crippen LogP contribution in [0.3, 0.4) is 0 Å². The van der Waals surface area contributed by atoms with E-state index in [1.165, 1.54) is 0 Å². The molecular weight excluding hydrogens is 230 g/mol. The van der Waals surface area contributed by atoms with Gasteiger partial charge in [0.05, 0.1) is 17.3 Å². The first kappa shape index (κ1) is 14.7. The number of aryl methyl sites for hydroxylation is 2. The number of hydrogen-bond acceptors (Lipinski definition) is 4. The lowest BCUT2D eigenvalue weighted by molar-refractivity contribution is -0.127. The zero-order valence-corrected chi connectivity index (χ0v) is 11.8. The van der Waals surface area contributed by atoms with Crippen LogP contribution in [0.25, 0.3) is 0 Å². The molecule has 0 saturated heterocycles. The van der Waals surface area contributed by atoms with Crippen LogP contribution in [0, 0.1) is 13.8 Å². The molecule has 3 N–H and O–H groups in total. The monoisotopic (exact) mass is 253 g/mol. The Kier molecular flexibility index (Phi) is 4.51. The molecule has 0 bridgehead atoms. The molecule has 0 spiro atoms. The standard InChI is InChI=1S/C13H23N3O2/c1-6-13(14,7-2)12(17)15-8(3)11-9(4)16-18-10(11)5/h8H,6-7,14H2,1-5H3,(H,15,17). The van der Waals surface area contributed by atoms with Crippen LogP contribution >= 0.6 is 0 Å². The third-order valence-corrected chi connectivity index (χ3v) is 3.58. The van der Waals surface area contributed by atoms with Crippen molar-refractivity contribution in [3.63, 3.8) is 0 Å². The third kappa shape index (κ3) is 2.72. The second-order valence-electron chi connectivity index (χ2n) is 4.80. The quantitative estimate of drug-likeness (QED) is 0.840. The first-order chi connectivity index (χ1) is 8.35. The van der Waals surface area contributed by atoms with Crippen LogP contribution in [0.5, 0.6) is 0 Å². The summed E-state index contributed by atoms with van der Waals surface area (Å²) < 4.78 is 5.10. The van der Waals surface area contributed by atoms with Crippen molar-refractivity contribution in [3.8, 4) is 0 Å². The van der Waals surface area contributed by atoms with Gasteiger partial charge in [-0.05, 0) is 33.6 Å². The molecule has 1 rings (SSSR count). The molecular formula is C13H23N3O2. The van der Waals surface area contributed by atoms with Gasteiger partial charge in [0.25, 0.3) is 0 Å². The highest BCUT2D eigenvalue weighted by molar-refractivity contribution is 5.86. The first-order valence-corrected chi connectivity index (χ1v) is 6.38. The van der Waals surface area contributed by atoms with Gasteiger partial charge >= 0.3 is 0 Å². The second kappa shape index (κ2) is 5.52. The van der Waals surface area contributed by atoms with Gasteiger partial charge < -0.3 is 15.6 Å². The number of amides is 1. The lowest BCUT2D eigenvalue weighted by Gasteiger charge is -2.27. The molecule has 18 heavy (non-hydrogen) atoms. The molecule has 102 valence electrons. The van der Waals surface area contributed by atoms with E-state index in [1.54, 1.807) is 0 Å². The van der Waals surface area contributed by atoms with Crippen molar-refractivity contribution in [1.82, 2.24) is 10.5 Å². The lowest BCUT2D eigenvalue weighted by Crippen LogP contribution is -2.53. The molecule has 1 aromatic rings. The fraction of sp³-hybridized carbons (Fsp3) is 0.692.